The summed E-state index contributed by atoms with van der Waals surface area (Å²) in [4.78, 5) is 35.5. The van der Waals surface area contributed by atoms with Crippen molar-refractivity contribution < 1.29 is 14.4 Å². The maximum Gasteiger partial charge on any atom is 0.315 e. The van der Waals surface area contributed by atoms with Gasteiger partial charge in [-0.25, -0.2) is 4.79 Å². The maximum atomic E-state index is 11.6. The van der Waals surface area contributed by atoms with Gasteiger partial charge >= 0.3 is 6.03 Å². The Balaban J connectivity index is 1.68. The topological polar surface area (TPSA) is 78.5 Å². The number of nitrogens with zero attached hydrogens (tertiary/aromatic N) is 1. The summed E-state index contributed by atoms with van der Waals surface area (Å²) in [5.41, 5.74) is 2.16. The molecule has 1 fully saturated rings. The van der Waals surface area contributed by atoms with Crippen molar-refractivity contribution in [1.29, 1.82) is 0 Å². The number of carbonyl (C=O) groups excluding carboxylic acids is 3. The molecule has 6 nitrogen and oxygen atoms in total. The first kappa shape index (κ1) is 15.4. The van der Waals surface area contributed by atoms with E-state index in [9.17, 15) is 14.4 Å². The van der Waals surface area contributed by atoms with Gasteiger partial charge in [-0.2, -0.15) is 0 Å². The average molecular weight is 307 g/mol. The minimum absolute atomic E-state index is 0.193. The predicted molar refractivity (Wildman–Crippen MR) is 81.0 cm³/mol. The van der Waals surface area contributed by atoms with Gasteiger partial charge in [0.1, 0.15) is 0 Å². The van der Waals surface area contributed by atoms with E-state index in [2.05, 4.69) is 10.6 Å². The van der Waals surface area contributed by atoms with Crippen LogP contribution in [0.3, 0.4) is 0 Å². The number of carbonyl (C=O) groups is 3. The van der Waals surface area contributed by atoms with Crippen LogP contribution in [0.2, 0.25) is 0 Å². The highest BCUT2D eigenvalue weighted by atomic mass is 32.2. The Kier molecular flexibility index (Phi) is 5.21. The zero-order valence-electron chi connectivity index (χ0n) is 11.7. The quantitative estimate of drug-likeness (QED) is 0.864. The zero-order chi connectivity index (χ0) is 15.2. The van der Waals surface area contributed by atoms with E-state index >= 15 is 0 Å². The summed E-state index contributed by atoms with van der Waals surface area (Å²) in [6.45, 7) is 2.89. The fourth-order valence-corrected chi connectivity index (χ4v) is 2.70. The molecule has 1 aromatic rings. The summed E-state index contributed by atoms with van der Waals surface area (Å²) in [5.74, 6) is -0.00904. The highest BCUT2D eigenvalue weighted by Gasteiger charge is 2.29. The number of rotatable bonds is 5. The van der Waals surface area contributed by atoms with E-state index in [0.29, 0.717) is 6.54 Å². The molecule has 0 unspecified atom stereocenters. The van der Waals surface area contributed by atoms with E-state index in [1.54, 1.807) is 0 Å². The number of aryl methyl sites for hydroxylation is 1. The minimum Gasteiger partial charge on any atom is -0.336 e. The monoisotopic (exact) mass is 307 g/mol. The molecule has 1 aliphatic heterocycles. The molecule has 0 spiro atoms. The Labute approximate surface area is 127 Å². The number of amides is 4. The molecule has 4 amide bonds. The summed E-state index contributed by atoms with van der Waals surface area (Å²) < 4.78 is 0. The van der Waals surface area contributed by atoms with Crippen LogP contribution in [0.25, 0.3) is 0 Å². The van der Waals surface area contributed by atoms with E-state index in [1.807, 2.05) is 31.2 Å². The highest BCUT2D eigenvalue weighted by molar-refractivity contribution is 8.14. The van der Waals surface area contributed by atoms with Crippen molar-refractivity contribution in [2.24, 2.45) is 0 Å². The Morgan fingerprint density at radius 2 is 2.14 bits per heavy atom. The Hall–Kier alpha value is -2.02. The van der Waals surface area contributed by atoms with Crippen LogP contribution in [0.15, 0.2) is 24.3 Å². The molecule has 0 atom stereocenters. The fourth-order valence-electron chi connectivity index (χ4n) is 1.95. The Bertz CT molecular complexity index is 546. The third-order valence-electron chi connectivity index (χ3n) is 3.00. The number of hydrogen-bond acceptors (Lipinski definition) is 4. The second-order valence-corrected chi connectivity index (χ2v) is 5.63. The molecule has 2 rings (SSSR count). The van der Waals surface area contributed by atoms with Crippen molar-refractivity contribution in [3.8, 4) is 0 Å². The van der Waals surface area contributed by atoms with Crippen molar-refractivity contribution in [2.45, 2.75) is 13.5 Å². The van der Waals surface area contributed by atoms with E-state index in [-0.39, 0.29) is 36.0 Å². The predicted octanol–water partition coefficient (Wildman–Crippen LogP) is 1.49. The molecule has 0 saturated carbocycles. The van der Waals surface area contributed by atoms with E-state index in [0.717, 1.165) is 27.8 Å². The number of hydrogen-bond donors (Lipinski definition) is 2. The van der Waals surface area contributed by atoms with Crippen molar-refractivity contribution >= 4 is 28.9 Å². The van der Waals surface area contributed by atoms with Gasteiger partial charge in [-0.15, -0.1) is 0 Å². The van der Waals surface area contributed by atoms with Crippen LogP contribution in [-0.2, 0) is 11.3 Å². The first-order chi connectivity index (χ1) is 10.1. The van der Waals surface area contributed by atoms with Gasteiger partial charge in [-0.3, -0.25) is 14.5 Å². The summed E-state index contributed by atoms with van der Waals surface area (Å²) in [6.07, 6.45) is 0. The van der Waals surface area contributed by atoms with Gasteiger partial charge in [0, 0.05) is 19.6 Å². The lowest BCUT2D eigenvalue weighted by molar-refractivity contribution is -0.124. The highest BCUT2D eigenvalue weighted by Crippen LogP contribution is 2.17. The molecule has 0 aliphatic carbocycles. The van der Waals surface area contributed by atoms with Crippen molar-refractivity contribution in [1.82, 2.24) is 15.5 Å². The first-order valence-electron chi connectivity index (χ1n) is 6.60. The normalized spacial score (nSPS) is 14.4. The lowest BCUT2D eigenvalue weighted by atomic mass is 10.1. The molecular weight excluding hydrogens is 290 g/mol. The van der Waals surface area contributed by atoms with Gasteiger partial charge in [0.25, 0.3) is 5.24 Å². The second-order valence-electron chi connectivity index (χ2n) is 4.70. The molecule has 0 aromatic heterocycles. The van der Waals surface area contributed by atoms with Crippen LogP contribution in [0.5, 0.6) is 0 Å². The number of nitrogens with one attached hydrogen (secondary N) is 2. The summed E-state index contributed by atoms with van der Waals surface area (Å²) >= 11 is 0.990. The SMILES string of the molecule is Cc1cccc(CNC(=O)NCCN2C(=O)CSC2=O)c1. The van der Waals surface area contributed by atoms with E-state index < -0.39 is 0 Å². The Morgan fingerprint density at radius 1 is 1.33 bits per heavy atom. The lowest BCUT2D eigenvalue weighted by Crippen LogP contribution is -2.41. The van der Waals surface area contributed by atoms with Crippen molar-refractivity contribution in [2.75, 3.05) is 18.8 Å². The fraction of sp³-hybridized carbons (Fsp3) is 0.357. The van der Waals surface area contributed by atoms with E-state index in [4.69, 9.17) is 0 Å². The van der Waals surface area contributed by atoms with Crippen LogP contribution in [-0.4, -0.2) is 40.9 Å². The summed E-state index contributed by atoms with van der Waals surface area (Å²) in [6, 6.07) is 7.55. The molecule has 21 heavy (non-hydrogen) atoms. The van der Waals surface area contributed by atoms with Crippen LogP contribution in [0, 0.1) is 6.92 Å². The molecule has 1 aromatic carbocycles. The van der Waals surface area contributed by atoms with Crippen LogP contribution < -0.4 is 10.6 Å². The Morgan fingerprint density at radius 3 is 2.81 bits per heavy atom. The molecule has 0 radical (unpaired) electrons. The smallest absolute Gasteiger partial charge is 0.315 e. The average Bonchev–Trinajstić information content (AvgIpc) is 2.77. The van der Waals surface area contributed by atoms with Gasteiger partial charge in [0.05, 0.1) is 5.75 Å². The number of benzene rings is 1. The molecule has 112 valence electrons. The van der Waals surface area contributed by atoms with Crippen LogP contribution in [0.4, 0.5) is 9.59 Å². The molecule has 1 heterocycles. The van der Waals surface area contributed by atoms with Gasteiger partial charge in [0.15, 0.2) is 0 Å². The molecule has 2 N–H and O–H groups in total. The third kappa shape index (κ3) is 4.49. The van der Waals surface area contributed by atoms with Crippen LogP contribution in [0.1, 0.15) is 11.1 Å². The summed E-state index contributed by atoms with van der Waals surface area (Å²) in [5, 5.41) is 5.11. The largest absolute Gasteiger partial charge is 0.336 e. The van der Waals surface area contributed by atoms with Crippen molar-refractivity contribution in [3.05, 3.63) is 35.4 Å². The first-order valence-corrected chi connectivity index (χ1v) is 7.59. The van der Waals surface area contributed by atoms with Gasteiger partial charge in [0.2, 0.25) is 5.91 Å². The standard InChI is InChI=1S/C14H17N3O3S/c1-10-3-2-4-11(7-10)8-16-13(19)15-5-6-17-12(18)9-21-14(17)20/h2-4,7H,5-6,8-9H2,1H3,(H2,15,16,19). The number of thioether (sulfide) groups is 1. The minimum atomic E-state index is -0.316. The third-order valence-corrected chi connectivity index (χ3v) is 3.86. The lowest BCUT2D eigenvalue weighted by Gasteiger charge is -2.13. The molecule has 7 heteroatoms. The van der Waals surface area contributed by atoms with Crippen molar-refractivity contribution in [3.63, 3.8) is 0 Å². The van der Waals surface area contributed by atoms with Gasteiger partial charge in [-0.05, 0) is 12.5 Å². The summed E-state index contributed by atoms with van der Waals surface area (Å²) in [7, 11) is 0. The number of imide groups is 1. The molecule has 1 aliphatic rings. The zero-order valence-corrected chi connectivity index (χ0v) is 12.5. The molecular formula is C14H17N3O3S. The maximum absolute atomic E-state index is 11.6. The van der Waals surface area contributed by atoms with E-state index in [1.165, 1.54) is 0 Å². The number of urea groups is 1. The molecule has 0 bridgehead atoms. The van der Waals surface area contributed by atoms with Gasteiger partial charge < -0.3 is 10.6 Å². The molecule has 1 saturated heterocycles. The van der Waals surface area contributed by atoms with Crippen LogP contribution >= 0.6 is 11.8 Å². The van der Waals surface area contributed by atoms with Gasteiger partial charge in [-0.1, -0.05) is 41.6 Å². The second kappa shape index (κ2) is 7.12.